The highest BCUT2D eigenvalue weighted by molar-refractivity contribution is 6.00. The number of fused-ring (bicyclic) bond motifs is 1. The molecule has 3 rings (SSSR count). The van der Waals surface area contributed by atoms with Gasteiger partial charge >= 0.3 is 0 Å². The van der Waals surface area contributed by atoms with Crippen molar-refractivity contribution >= 4 is 28.8 Å². The van der Waals surface area contributed by atoms with Crippen LogP contribution in [0.25, 0.3) is 0 Å². The summed E-state index contributed by atoms with van der Waals surface area (Å²) in [5, 5.41) is 3.14. The van der Waals surface area contributed by atoms with Gasteiger partial charge in [-0.15, -0.1) is 0 Å². The third-order valence-corrected chi connectivity index (χ3v) is 3.06. The molecule has 0 fully saturated rings. The van der Waals surface area contributed by atoms with Crippen molar-refractivity contribution < 1.29 is 9.53 Å². The molecule has 5 N–H and O–H groups in total. The molecule has 0 saturated heterocycles. The molecule has 0 unspecified atom stereocenters. The predicted octanol–water partition coefficient (Wildman–Crippen LogP) is 1.90. The maximum absolute atomic E-state index is 11.0. The zero-order valence-corrected chi connectivity index (χ0v) is 11.2. The normalized spacial score (nSPS) is 12.9. The van der Waals surface area contributed by atoms with Gasteiger partial charge in [0.05, 0.1) is 0 Å². The van der Waals surface area contributed by atoms with Crippen molar-refractivity contribution in [3.05, 3.63) is 48.0 Å². The van der Waals surface area contributed by atoms with Gasteiger partial charge in [0, 0.05) is 23.0 Å². The molecule has 106 valence electrons. The van der Waals surface area contributed by atoms with Gasteiger partial charge in [0.1, 0.15) is 23.9 Å². The number of amidine groups is 1. The molecule has 0 spiro atoms. The molecular formula is C15H14N4O2. The van der Waals surface area contributed by atoms with E-state index in [0.29, 0.717) is 29.4 Å². The number of nitrogen functional groups attached to an aromatic ring is 1. The number of rotatable bonds is 2. The van der Waals surface area contributed by atoms with E-state index < -0.39 is 5.91 Å². The molecule has 6 nitrogen and oxygen atoms in total. The second-order valence-electron chi connectivity index (χ2n) is 4.64. The molecule has 0 atom stereocenters. The first-order valence-electron chi connectivity index (χ1n) is 6.38. The second kappa shape index (κ2) is 5.16. The smallest absolute Gasteiger partial charge is 0.248 e. The van der Waals surface area contributed by atoms with Crippen LogP contribution in [0.2, 0.25) is 0 Å². The Kier molecular flexibility index (Phi) is 3.19. The predicted molar refractivity (Wildman–Crippen MR) is 82.0 cm³/mol. The fraction of sp³-hybridized carbons (Fsp3) is 0.0667. The highest BCUT2D eigenvalue weighted by atomic mass is 16.5. The van der Waals surface area contributed by atoms with E-state index in [9.17, 15) is 4.79 Å². The quantitative estimate of drug-likeness (QED) is 0.732. The molecule has 1 heterocycles. The summed E-state index contributed by atoms with van der Waals surface area (Å²) in [6.45, 7) is 0.327. The Hall–Kier alpha value is -3.02. The molecule has 6 heteroatoms. The monoisotopic (exact) mass is 282 g/mol. The Morgan fingerprint density at radius 2 is 1.95 bits per heavy atom. The van der Waals surface area contributed by atoms with Crippen LogP contribution in [-0.4, -0.2) is 18.3 Å². The molecule has 0 radical (unpaired) electrons. The molecule has 0 aliphatic carbocycles. The minimum Gasteiger partial charge on any atom is -0.483 e. The SMILES string of the molecule is NC(=O)c1ccc(NC2=Nc3ccc(N)cc3OC2)cc1. The fourth-order valence-electron chi connectivity index (χ4n) is 2.01. The molecule has 2 aromatic rings. The summed E-state index contributed by atoms with van der Waals surface area (Å²) in [7, 11) is 0. The largest absolute Gasteiger partial charge is 0.483 e. The molecule has 2 aromatic carbocycles. The van der Waals surface area contributed by atoms with E-state index in [-0.39, 0.29) is 0 Å². The van der Waals surface area contributed by atoms with Gasteiger partial charge in [-0.05, 0) is 36.4 Å². The lowest BCUT2D eigenvalue weighted by Gasteiger charge is -2.18. The average molecular weight is 282 g/mol. The number of carbonyl (C=O) groups is 1. The first kappa shape index (κ1) is 13.0. The standard InChI is InChI=1S/C15H14N4O2/c16-10-3-6-12-13(7-10)21-8-14(19-12)18-11-4-1-9(2-5-11)15(17)20/h1-7H,8,16H2,(H2,17,20)(H,18,19). The molecule has 1 aliphatic rings. The van der Waals surface area contributed by atoms with Crippen LogP contribution >= 0.6 is 0 Å². The van der Waals surface area contributed by atoms with E-state index >= 15 is 0 Å². The van der Waals surface area contributed by atoms with E-state index in [1.54, 1.807) is 36.4 Å². The number of primary amides is 1. The van der Waals surface area contributed by atoms with Gasteiger partial charge in [-0.1, -0.05) is 0 Å². The number of ether oxygens (including phenoxy) is 1. The van der Waals surface area contributed by atoms with E-state index in [2.05, 4.69) is 10.3 Å². The molecule has 0 bridgehead atoms. The number of carbonyl (C=O) groups excluding carboxylic acids is 1. The van der Waals surface area contributed by atoms with Crippen LogP contribution in [0.3, 0.4) is 0 Å². The van der Waals surface area contributed by atoms with Crippen molar-refractivity contribution in [1.29, 1.82) is 0 Å². The lowest BCUT2D eigenvalue weighted by atomic mass is 10.2. The van der Waals surface area contributed by atoms with Gasteiger partial charge in [-0.2, -0.15) is 0 Å². The van der Waals surface area contributed by atoms with E-state index in [1.165, 1.54) is 0 Å². The molecule has 1 aliphatic heterocycles. The number of nitrogens with zero attached hydrogens (tertiary/aromatic N) is 1. The summed E-state index contributed by atoms with van der Waals surface area (Å²) in [5.74, 6) is 0.898. The van der Waals surface area contributed by atoms with Gasteiger partial charge in [-0.25, -0.2) is 4.99 Å². The van der Waals surface area contributed by atoms with Crippen LogP contribution in [0.5, 0.6) is 5.75 Å². The first-order valence-corrected chi connectivity index (χ1v) is 6.38. The number of amides is 1. The summed E-state index contributed by atoms with van der Waals surface area (Å²) < 4.78 is 5.60. The van der Waals surface area contributed by atoms with Crippen molar-refractivity contribution in [1.82, 2.24) is 0 Å². The minimum absolute atomic E-state index is 0.327. The highest BCUT2D eigenvalue weighted by Gasteiger charge is 2.13. The maximum Gasteiger partial charge on any atom is 0.248 e. The number of anilines is 2. The van der Waals surface area contributed by atoms with Gasteiger partial charge in [0.15, 0.2) is 0 Å². The molecule has 0 aromatic heterocycles. The highest BCUT2D eigenvalue weighted by Crippen LogP contribution is 2.32. The summed E-state index contributed by atoms with van der Waals surface area (Å²) in [5.41, 5.74) is 13.5. The summed E-state index contributed by atoms with van der Waals surface area (Å²) in [6, 6.07) is 12.2. The lowest BCUT2D eigenvalue weighted by molar-refractivity contribution is 0.100. The number of nitrogens with one attached hydrogen (secondary N) is 1. The van der Waals surface area contributed by atoms with Crippen molar-refractivity contribution in [3.63, 3.8) is 0 Å². The zero-order chi connectivity index (χ0) is 14.8. The molecule has 1 amide bonds. The van der Waals surface area contributed by atoms with Gasteiger partial charge in [0.25, 0.3) is 0 Å². The van der Waals surface area contributed by atoms with Gasteiger partial charge in [0.2, 0.25) is 5.91 Å². The number of hydrogen-bond acceptors (Lipinski definition) is 5. The van der Waals surface area contributed by atoms with Crippen LogP contribution < -0.4 is 21.5 Å². The van der Waals surface area contributed by atoms with E-state index in [4.69, 9.17) is 16.2 Å². The van der Waals surface area contributed by atoms with Crippen molar-refractivity contribution in [2.24, 2.45) is 10.7 Å². The second-order valence-corrected chi connectivity index (χ2v) is 4.64. The lowest BCUT2D eigenvalue weighted by Crippen LogP contribution is -2.23. The number of benzene rings is 2. The fourth-order valence-corrected chi connectivity index (χ4v) is 2.01. The van der Waals surface area contributed by atoms with Crippen LogP contribution in [0.1, 0.15) is 10.4 Å². The third-order valence-electron chi connectivity index (χ3n) is 3.06. The molecule has 0 saturated carbocycles. The summed E-state index contributed by atoms with van der Waals surface area (Å²) in [4.78, 5) is 15.5. The minimum atomic E-state index is -0.452. The van der Waals surface area contributed by atoms with E-state index in [0.717, 1.165) is 11.4 Å². The number of aliphatic imine (C=N–C) groups is 1. The summed E-state index contributed by atoms with van der Waals surface area (Å²) in [6.07, 6.45) is 0. The van der Waals surface area contributed by atoms with Crippen molar-refractivity contribution in [2.75, 3.05) is 17.7 Å². The zero-order valence-electron chi connectivity index (χ0n) is 11.2. The Labute approximate surface area is 121 Å². The van der Waals surface area contributed by atoms with Crippen LogP contribution in [0, 0.1) is 0 Å². The first-order chi connectivity index (χ1) is 10.1. The third kappa shape index (κ3) is 2.79. The van der Waals surface area contributed by atoms with Crippen LogP contribution in [0.4, 0.5) is 17.1 Å². The van der Waals surface area contributed by atoms with E-state index in [1.807, 2.05) is 6.07 Å². The molecule has 21 heavy (non-hydrogen) atoms. The Bertz CT molecular complexity index is 723. The van der Waals surface area contributed by atoms with Gasteiger partial charge < -0.3 is 21.5 Å². The number of nitrogens with two attached hydrogens (primary N) is 2. The molecular weight excluding hydrogens is 268 g/mol. The van der Waals surface area contributed by atoms with Crippen molar-refractivity contribution in [3.8, 4) is 5.75 Å². The topological polar surface area (TPSA) is 103 Å². The van der Waals surface area contributed by atoms with Crippen LogP contribution in [-0.2, 0) is 0 Å². The Morgan fingerprint density at radius 3 is 2.67 bits per heavy atom. The Morgan fingerprint density at radius 1 is 1.19 bits per heavy atom. The maximum atomic E-state index is 11.0. The van der Waals surface area contributed by atoms with Crippen molar-refractivity contribution in [2.45, 2.75) is 0 Å². The van der Waals surface area contributed by atoms with Crippen LogP contribution in [0.15, 0.2) is 47.5 Å². The average Bonchev–Trinajstić information content (AvgIpc) is 2.48. The summed E-state index contributed by atoms with van der Waals surface area (Å²) >= 11 is 0. The Balaban J connectivity index is 1.79. The van der Waals surface area contributed by atoms with Gasteiger partial charge in [-0.3, -0.25) is 4.79 Å². The number of hydrogen-bond donors (Lipinski definition) is 3.